The molecule has 2 heterocycles. The normalized spacial score (nSPS) is 11.3. The quantitative estimate of drug-likeness (QED) is 0.181. The van der Waals surface area contributed by atoms with Crippen molar-refractivity contribution in [1.82, 2.24) is 19.9 Å². The Bertz CT molecular complexity index is 2540. The summed E-state index contributed by atoms with van der Waals surface area (Å²) in [6.07, 6.45) is 0. The van der Waals surface area contributed by atoms with E-state index in [1.165, 1.54) is 27.3 Å². The van der Waals surface area contributed by atoms with Gasteiger partial charge in [-0.1, -0.05) is 152 Å². The molecule has 0 aliphatic rings. The van der Waals surface area contributed by atoms with Gasteiger partial charge in [-0.25, -0.2) is 19.9 Å². The van der Waals surface area contributed by atoms with Crippen molar-refractivity contribution in [2.45, 2.75) is 0 Å². The van der Waals surface area contributed by atoms with E-state index in [1.54, 1.807) is 0 Å². The van der Waals surface area contributed by atoms with E-state index in [0.717, 1.165) is 44.2 Å². The molecule has 0 aliphatic carbocycles. The molecule has 9 rings (SSSR count). The van der Waals surface area contributed by atoms with Gasteiger partial charge in [-0.05, 0) is 40.1 Å². The summed E-state index contributed by atoms with van der Waals surface area (Å²) in [5.41, 5.74) is 8.03. The molecule has 0 aliphatic heterocycles. The first-order chi connectivity index (χ1) is 23.8. The number of fused-ring (bicyclic) bond motifs is 5. The lowest BCUT2D eigenvalue weighted by atomic mass is 9.90. The Kier molecular flexibility index (Phi) is 6.76. The van der Waals surface area contributed by atoms with Crippen molar-refractivity contribution in [2.75, 3.05) is 0 Å². The van der Waals surface area contributed by atoms with Gasteiger partial charge < -0.3 is 0 Å². The fourth-order valence-electron chi connectivity index (χ4n) is 6.64. The maximum atomic E-state index is 5.33. The Morgan fingerprint density at radius 1 is 0.292 bits per heavy atom. The van der Waals surface area contributed by atoms with Crippen LogP contribution in [0.2, 0.25) is 0 Å². The van der Waals surface area contributed by atoms with Gasteiger partial charge in [0.05, 0.1) is 11.2 Å². The summed E-state index contributed by atoms with van der Waals surface area (Å²) < 4.78 is 0. The molecule has 4 nitrogen and oxygen atoms in total. The monoisotopic (exact) mass is 612 g/mol. The van der Waals surface area contributed by atoms with E-state index < -0.39 is 0 Å². The molecule has 0 fully saturated rings. The van der Waals surface area contributed by atoms with Crippen LogP contribution in [0.3, 0.4) is 0 Å². The topological polar surface area (TPSA) is 51.6 Å². The SMILES string of the molecule is c1ccc(-c2nc(-c3ccccc3)nc(-c3cccc(-c4nc5ccccc5c5c4cc(-c4ccccc4)c4ccccc45)c3)n2)cc1. The molecule has 4 heteroatoms. The van der Waals surface area contributed by atoms with Crippen LogP contribution < -0.4 is 0 Å². The maximum absolute atomic E-state index is 5.33. The van der Waals surface area contributed by atoms with Gasteiger partial charge in [-0.3, -0.25) is 0 Å². The largest absolute Gasteiger partial charge is 0.247 e. The summed E-state index contributed by atoms with van der Waals surface area (Å²) in [6.45, 7) is 0. The first-order valence-corrected chi connectivity index (χ1v) is 16.1. The van der Waals surface area contributed by atoms with Gasteiger partial charge in [0, 0.05) is 38.4 Å². The third-order valence-corrected chi connectivity index (χ3v) is 8.88. The van der Waals surface area contributed by atoms with Crippen LogP contribution in [0.25, 0.3) is 89.0 Å². The van der Waals surface area contributed by atoms with E-state index in [4.69, 9.17) is 19.9 Å². The molecule has 0 amide bonds. The zero-order chi connectivity index (χ0) is 31.9. The molecule has 0 atom stereocenters. The van der Waals surface area contributed by atoms with Gasteiger partial charge in [0.2, 0.25) is 0 Å². The molecule has 0 radical (unpaired) electrons. The zero-order valence-electron chi connectivity index (χ0n) is 26.0. The molecular weight excluding hydrogens is 585 g/mol. The van der Waals surface area contributed by atoms with Crippen molar-refractivity contribution >= 4 is 32.4 Å². The van der Waals surface area contributed by atoms with E-state index in [1.807, 2.05) is 60.7 Å². The number of nitrogens with zero attached hydrogens (tertiary/aromatic N) is 4. The first kappa shape index (κ1) is 27.8. The molecule has 0 spiro atoms. The Morgan fingerprint density at radius 2 is 0.771 bits per heavy atom. The molecule has 0 saturated heterocycles. The fraction of sp³-hybridized carbons (Fsp3) is 0. The third kappa shape index (κ3) is 4.88. The van der Waals surface area contributed by atoms with Crippen molar-refractivity contribution in [2.24, 2.45) is 0 Å². The molecule has 0 bridgehead atoms. The summed E-state index contributed by atoms with van der Waals surface area (Å²) >= 11 is 0. The number of hydrogen-bond acceptors (Lipinski definition) is 4. The summed E-state index contributed by atoms with van der Waals surface area (Å²) in [6, 6.07) is 58.7. The first-order valence-electron chi connectivity index (χ1n) is 16.1. The number of hydrogen-bond donors (Lipinski definition) is 0. The van der Waals surface area contributed by atoms with Gasteiger partial charge in [0.1, 0.15) is 0 Å². The minimum absolute atomic E-state index is 0.616. The smallest absolute Gasteiger partial charge is 0.164 e. The highest BCUT2D eigenvalue weighted by Crippen LogP contribution is 2.42. The molecule has 2 aromatic heterocycles. The second-order valence-corrected chi connectivity index (χ2v) is 11.9. The molecule has 9 aromatic rings. The summed E-state index contributed by atoms with van der Waals surface area (Å²) in [5.74, 6) is 1.89. The minimum Gasteiger partial charge on any atom is -0.247 e. The van der Waals surface area contributed by atoms with Gasteiger partial charge >= 0.3 is 0 Å². The van der Waals surface area contributed by atoms with Crippen LogP contribution in [-0.4, -0.2) is 19.9 Å². The molecule has 0 unspecified atom stereocenters. The van der Waals surface area contributed by atoms with Crippen molar-refractivity contribution < 1.29 is 0 Å². The van der Waals surface area contributed by atoms with E-state index in [9.17, 15) is 0 Å². The Balaban J connectivity index is 1.30. The highest BCUT2D eigenvalue weighted by atomic mass is 15.0. The highest BCUT2D eigenvalue weighted by molar-refractivity contribution is 6.25. The van der Waals surface area contributed by atoms with Gasteiger partial charge in [-0.15, -0.1) is 0 Å². The number of benzene rings is 7. The molecule has 48 heavy (non-hydrogen) atoms. The Labute approximate surface area is 278 Å². The van der Waals surface area contributed by atoms with Crippen molar-refractivity contribution in [3.05, 3.63) is 170 Å². The number of pyridine rings is 1. The van der Waals surface area contributed by atoms with Gasteiger partial charge in [0.25, 0.3) is 0 Å². The Hall–Kier alpha value is -6.52. The lowest BCUT2D eigenvalue weighted by Crippen LogP contribution is -2.00. The maximum Gasteiger partial charge on any atom is 0.164 e. The lowest BCUT2D eigenvalue weighted by Gasteiger charge is -2.16. The van der Waals surface area contributed by atoms with Crippen LogP contribution in [0, 0.1) is 0 Å². The second-order valence-electron chi connectivity index (χ2n) is 11.9. The fourth-order valence-corrected chi connectivity index (χ4v) is 6.64. The standard InChI is InChI=1S/C44H28N4/c1-4-15-29(16-5-1)37-28-38-40(35-24-11-10-23-34(35)37)36-25-12-13-26-39(36)45-41(38)32-21-14-22-33(27-32)44-47-42(30-17-6-2-7-18-30)46-43(48-44)31-19-8-3-9-20-31/h1-28H. The van der Waals surface area contributed by atoms with E-state index in [2.05, 4.69) is 109 Å². The van der Waals surface area contributed by atoms with E-state index in [0.29, 0.717) is 17.5 Å². The molecule has 224 valence electrons. The highest BCUT2D eigenvalue weighted by Gasteiger charge is 2.18. The average Bonchev–Trinajstić information content (AvgIpc) is 3.18. The summed E-state index contributed by atoms with van der Waals surface area (Å²) in [7, 11) is 0. The van der Waals surface area contributed by atoms with Gasteiger partial charge in [0.15, 0.2) is 17.5 Å². The minimum atomic E-state index is 0.616. The number of rotatable bonds is 5. The average molecular weight is 613 g/mol. The molecule has 7 aromatic carbocycles. The third-order valence-electron chi connectivity index (χ3n) is 8.88. The number of para-hydroxylation sites is 1. The summed E-state index contributed by atoms with van der Waals surface area (Å²) in [4.78, 5) is 20.2. The predicted octanol–water partition coefficient (Wildman–Crippen LogP) is 11.1. The summed E-state index contributed by atoms with van der Waals surface area (Å²) in [5, 5.41) is 5.88. The van der Waals surface area contributed by atoms with Crippen molar-refractivity contribution in [1.29, 1.82) is 0 Å². The van der Waals surface area contributed by atoms with Gasteiger partial charge in [-0.2, -0.15) is 0 Å². The van der Waals surface area contributed by atoms with Crippen molar-refractivity contribution in [3.63, 3.8) is 0 Å². The van der Waals surface area contributed by atoms with Crippen molar-refractivity contribution in [3.8, 4) is 56.5 Å². The molecule has 0 saturated carbocycles. The van der Waals surface area contributed by atoms with Crippen LogP contribution in [0.1, 0.15) is 0 Å². The Morgan fingerprint density at radius 3 is 1.42 bits per heavy atom. The van der Waals surface area contributed by atoms with Crippen LogP contribution in [0.5, 0.6) is 0 Å². The lowest BCUT2D eigenvalue weighted by molar-refractivity contribution is 1.07. The van der Waals surface area contributed by atoms with Crippen LogP contribution in [0.15, 0.2) is 170 Å². The predicted molar refractivity (Wildman–Crippen MR) is 197 cm³/mol. The zero-order valence-corrected chi connectivity index (χ0v) is 26.0. The molecular formula is C44H28N4. The molecule has 0 N–H and O–H groups in total. The van der Waals surface area contributed by atoms with Crippen LogP contribution in [0.4, 0.5) is 0 Å². The van der Waals surface area contributed by atoms with E-state index >= 15 is 0 Å². The van der Waals surface area contributed by atoms with Crippen LogP contribution in [-0.2, 0) is 0 Å². The van der Waals surface area contributed by atoms with Crippen LogP contribution >= 0.6 is 0 Å². The second kappa shape index (κ2) is 11.7. The number of aromatic nitrogens is 4. The van der Waals surface area contributed by atoms with E-state index in [-0.39, 0.29) is 0 Å².